The number of carbonyl (C=O) groups is 1. The standard InChI is InChI=1S/C29H44NO3/c1-5-7-8-9-10-14-19-27-20-15-16-21-28(27)32-24-33-29(31)26(6-2)23-30(3,4)22-25-17-12-11-13-18-25/h11-13,15-18,20-21,26H,5-10,14,19,22-24H2,1-4H3/q+1. The van der Waals surface area contributed by atoms with Crippen molar-refractivity contribution in [2.75, 3.05) is 27.4 Å². The van der Waals surface area contributed by atoms with Crippen LogP contribution in [0.1, 0.15) is 69.9 Å². The number of aryl methyl sites for hydroxylation is 1. The third kappa shape index (κ3) is 10.4. The van der Waals surface area contributed by atoms with E-state index in [9.17, 15) is 4.79 Å². The molecule has 2 aromatic rings. The molecule has 182 valence electrons. The molecule has 0 aliphatic carbocycles. The second-order valence-corrected chi connectivity index (χ2v) is 9.72. The second kappa shape index (κ2) is 14.7. The Bertz CT molecular complexity index is 804. The molecule has 4 heteroatoms. The van der Waals surface area contributed by atoms with Crippen molar-refractivity contribution in [3.63, 3.8) is 0 Å². The molecule has 0 N–H and O–H groups in total. The third-order valence-corrected chi connectivity index (χ3v) is 6.18. The Morgan fingerprint density at radius 3 is 2.27 bits per heavy atom. The number of nitrogens with zero attached hydrogens (tertiary/aromatic N) is 1. The van der Waals surface area contributed by atoms with Crippen molar-refractivity contribution < 1.29 is 18.8 Å². The number of benzene rings is 2. The van der Waals surface area contributed by atoms with E-state index in [1.54, 1.807) is 0 Å². The van der Waals surface area contributed by atoms with Crippen LogP contribution in [-0.2, 0) is 22.5 Å². The first-order valence-electron chi connectivity index (χ1n) is 12.7. The second-order valence-electron chi connectivity index (χ2n) is 9.72. The van der Waals surface area contributed by atoms with Crippen LogP contribution >= 0.6 is 0 Å². The number of para-hydroxylation sites is 1. The molecule has 2 rings (SSSR count). The average molecular weight is 455 g/mol. The van der Waals surface area contributed by atoms with Crippen molar-refractivity contribution >= 4 is 5.97 Å². The predicted molar refractivity (Wildman–Crippen MR) is 136 cm³/mol. The lowest BCUT2D eigenvalue weighted by Crippen LogP contribution is -2.44. The molecular formula is C29H44NO3+. The molecule has 0 bridgehead atoms. The highest BCUT2D eigenvalue weighted by molar-refractivity contribution is 5.72. The summed E-state index contributed by atoms with van der Waals surface area (Å²) in [5.41, 5.74) is 2.47. The van der Waals surface area contributed by atoms with E-state index in [4.69, 9.17) is 9.47 Å². The minimum absolute atomic E-state index is 0.0328. The summed E-state index contributed by atoms with van der Waals surface area (Å²) in [4.78, 5) is 12.8. The molecule has 0 saturated carbocycles. The van der Waals surface area contributed by atoms with Gasteiger partial charge in [0.25, 0.3) is 0 Å². The van der Waals surface area contributed by atoms with E-state index in [0.29, 0.717) is 0 Å². The molecule has 2 aromatic carbocycles. The molecule has 0 aliphatic rings. The molecule has 0 aliphatic heterocycles. The summed E-state index contributed by atoms with van der Waals surface area (Å²) in [5.74, 6) is 0.503. The van der Waals surface area contributed by atoms with Gasteiger partial charge in [0, 0.05) is 5.56 Å². The zero-order valence-electron chi connectivity index (χ0n) is 21.2. The van der Waals surface area contributed by atoms with Gasteiger partial charge in [-0.15, -0.1) is 0 Å². The lowest BCUT2D eigenvalue weighted by Gasteiger charge is -2.32. The third-order valence-electron chi connectivity index (χ3n) is 6.18. The first-order valence-corrected chi connectivity index (χ1v) is 12.7. The molecule has 4 nitrogen and oxygen atoms in total. The lowest BCUT2D eigenvalue weighted by molar-refractivity contribution is -0.906. The number of hydrogen-bond acceptors (Lipinski definition) is 3. The Balaban J connectivity index is 1.80. The van der Waals surface area contributed by atoms with Crippen molar-refractivity contribution in [3.05, 3.63) is 65.7 Å². The van der Waals surface area contributed by atoms with Crippen molar-refractivity contribution in [2.24, 2.45) is 5.92 Å². The van der Waals surface area contributed by atoms with Gasteiger partial charge in [-0.1, -0.05) is 94.5 Å². The number of hydrogen-bond donors (Lipinski definition) is 0. The van der Waals surface area contributed by atoms with E-state index < -0.39 is 0 Å². The number of quaternary nitrogens is 1. The quantitative estimate of drug-likeness (QED) is 0.121. The van der Waals surface area contributed by atoms with Crippen LogP contribution < -0.4 is 4.74 Å². The molecule has 1 unspecified atom stereocenters. The van der Waals surface area contributed by atoms with Gasteiger partial charge in [0.05, 0.1) is 20.6 Å². The van der Waals surface area contributed by atoms with Crippen LogP contribution in [0.25, 0.3) is 0 Å². The van der Waals surface area contributed by atoms with Crippen LogP contribution in [0.3, 0.4) is 0 Å². The van der Waals surface area contributed by atoms with Crippen LogP contribution in [-0.4, -0.2) is 37.9 Å². The lowest BCUT2D eigenvalue weighted by atomic mass is 10.0. The minimum Gasteiger partial charge on any atom is -0.457 e. The van der Waals surface area contributed by atoms with Gasteiger partial charge in [0.2, 0.25) is 6.79 Å². The number of carbonyl (C=O) groups excluding carboxylic acids is 1. The van der Waals surface area contributed by atoms with E-state index in [2.05, 4.69) is 51.4 Å². The van der Waals surface area contributed by atoms with Gasteiger partial charge in [-0.2, -0.15) is 0 Å². The smallest absolute Gasteiger partial charge is 0.317 e. The van der Waals surface area contributed by atoms with Crippen molar-refractivity contribution in [1.82, 2.24) is 0 Å². The van der Waals surface area contributed by atoms with Gasteiger partial charge < -0.3 is 14.0 Å². The molecule has 0 spiro atoms. The molecule has 0 radical (unpaired) electrons. The maximum absolute atomic E-state index is 12.8. The highest BCUT2D eigenvalue weighted by Gasteiger charge is 2.28. The Morgan fingerprint density at radius 2 is 1.55 bits per heavy atom. The van der Waals surface area contributed by atoms with E-state index >= 15 is 0 Å². The number of ether oxygens (including phenoxy) is 2. The number of esters is 1. The summed E-state index contributed by atoms with van der Waals surface area (Å²) in [6.45, 7) is 5.87. The first-order chi connectivity index (χ1) is 15.9. The molecule has 33 heavy (non-hydrogen) atoms. The summed E-state index contributed by atoms with van der Waals surface area (Å²) in [7, 11) is 4.33. The SMILES string of the molecule is CCCCCCCCc1ccccc1OCOC(=O)C(CC)C[N+](C)(C)Cc1ccccc1. The predicted octanol–water partition coefficient (Wildman–Crippen LogP) is 6.77. The van der Waals surface area contributed by atoms with Gasteiger partial charge >= 0.3 is 5.97 Å². The fourth-order valence-electron chi connectivity index (χ4n) is 4.32. The van der Waals surface area contributed by atoms with Gasteiger partial charge in [-0.25, -0.2) is 0 Å². The van der Waals surface area contributed by atoms with Crippen LogP contribution in [0.2, 0.25) is 0 Å². The van der Waals surface area contributed by atoms with E-state index in [0.717, 1.165) is 42.6 Å². The maximum atomic E-state index is 12.8. The van der Waals surface area contributed by atoms with Gasteiger partial charge in [-0.05, 0) is 30.9 Å². The van der Waals surface area contributed by atoms with Crippen molar-refractivity contribution in [1.29, 1.82) is 0 Å². The van der Waals surface area contributed by atoms with E-state index in [-0.39, 0.29) is 18.7 Å². The summed E-state index contributed by atoms with van der Waals surface area (Å²) in [6.07, 6.45) is 9.39. The van der Waals surface area contributed by atoms with Gasteiger partial charge in [-0.3, -0.25) is 4.79 Å². The van der Waals surface area contributed by atoms with Crippen LogP contribution in [0.4, 0.5) is 0 Å². The monoisotopic (exact) mass is 454 g/mol. The van der Waals surface area contributed by atoms with E-state index in [1.807, 2.05) is 31.2 Å². The molecule has 0 heterocycles. The van der Waals surface area contributed by atoms with E-state index in [1.165, 1.54) is 43.2 Å². The largest absolute Gasteiger partial charge is 0.457 e. The Kier molecular flexibility index (Phi) is 12.0. The Morgan fingerprint density at radius 1 is 0.879 bits per heavy atom. The normalized spacial score (nSPS) is 12.4. The topological polar surface area (TPSA) is 35.5 Å². The van der Waals surface area contributed by atoms with Gasteiger partial charge in [0.1, 0.15) is 18.2 Å². The summed E-state index contributed by atoms with van der Waals surface area (Å²) < 4.78 is 12.2. The molecule has 0 saturated heterocycles. The van der Waals surface area contributed by atoms with Gasteiger partial charge in [0.15, 0.2) is 0 Å². The van der Waals surface area contributed by atoms with Crippen LogP contribution in [0, 0.1) is 5.92 Å². The molecule has 1 atom stereocenters. The van der Waals surface area contributed by atoms with Crippen LogP contribution in [0.15, 0.2) is 54.6 Å². The highest BCUT2D eigenvalue weighted by atomic mass is 16.7. The summed E-state index contributed by atoms with van der Waals surface area (Å²) in [6, 6.07) is 18.5. The molecule has 0 aromatic heterocycles. The number of rotatable bonds is 16. The molecule has 0 fully saturated rings. The Hall–Kier alpha value is -2.33. The fraction of sp³-hybridized carbons (Fsp3) is 0.552. The molecule has 0 amide bonds. The summed E-state index contributed by atoms with van der Waals surface area (Å²) in [5, 5.41) is 0. The van der Waals surface area contributed by atoms with Crippen LogP contribution in [0.5, 0.6) is 5.75 Å². The van der Waals surface area contributed by atoms with Crippen molar-refractivity contribution in [2.45, 2.75) is 71.8 Å². The fourth-order valence-corrected chi connectivity index (χ4v) is 4.32. The molecular weight excluding hydrogens is 410 g/mol. The average Bonchev–Trinajstić information content (AvgIpc) is 2.81. The summed E-state index contributed by atoms with van der Waals surface area (Å²) >= 11 is 0. The maximum Gasteiger partial charge on any atom is 0.317 e. The highest BCUT2D eigenvalue weighted by Crippen LogP contribution is 2.21. The number of unbranched alkanes of at least 4 members (excludes halogenated alkanes) is 5. The Labute approximate surface area is 201 Å². The van der Waals surface area contributed by atoms with Crippen molar-refractivity contribution in [3.8, 4) is 5.75 Å². The zero-order valence-corrected chi connectivity index (χ0v) is 21.2. The zero-order chi connectivity index (χ0) is 23.9. The first kappa shape index (κ1) is 26.9. The minimum atomic E-state index is -0.176.